The highest BCUT2D eigenvalue weighted by atomic mass is 79.9. The Morgan fingerprint density at radius 1 is 1.50 bits per heavy atom. The van der Waals surface area contributed by atoms with Crippen LogP contribution in [0.5, 0.6) is 0 Å². The second-order valence-corrected chi connectivity index (χ2v) is 6.03. The maximum Gasteiger partial charge on any atom is 0.256 e. The van der Waals surface area contributed by atoms with E-state index in [1.165, 1.54) is 23.5 Å². The second kappa shape index (κ2) is 6.02. The van der Waals surface area contributed by atoms with Gasteiger partial charge in [-0.05, 0) is 34.1 Å². The van der Waals surface area contributed by atoms with Crippen molar-refractivity contribution in [2.24, 2.45) is 10.9 Å². The average molecular weight is 358 g/mol. The van der Waals surface area contributed by atoms with Gasteiger partial charge in [0, 0.05) is 5.38 Å². The highest BCUT2D eigenvalue weighted by molar-refractivity contribution is 9.11. The number of thiophene rings is 1. The molecule has 1 aromatic carbocycles. The van der Waals surface area contributed by atoms with E-state index in [-0.39, 0.29) is 11.3 Å². The minimum absolute atomic E-state index is 0.132. The monoisotopic (exact) mass is 357 g/mol. The molecule has 1 heterocycles. The van der Waals surface area contributed by atoms with Gasteiger partial charge >= 0.3 is 0 Å². The predicted molar refractivity (Wildman–Crippen MR) is 78.9 cm³/mol. The van der Waals surface area contributed by atoms with Crippen molar-refractivity contribution in [3.63, 3.8) is 0 Å². The zero-order chi connectivity index (χ0) is 14.7. The number of benzene rings is 1. The molecule has 0 saturated carbocycles. The Morgan fingerprint density at radius 2 is 2.25 bits per heavy atom. The van der Waals surface area contributed by atoms with Crippen LogP contribution in [0.3, 0.4) is 0 Å². The Hall–Kier alpha value is -1.93. The van der Waals surface area contributed by atoms with Gasteiger partial charge in [-0.3, -0.25) is 4.79 Å². The third kappa shape index (κ3) is 2.97. The normalized spacial score (nSPS) is 11.4. The average Bonchev–Trinajstić information content (AvgIpc) is 2.85. The summed E-state index contributed by atoms with van der Waals surface area (Å²) in [6.07, 6.45) is 0. The van der Waals surface area contributed by atoms with Crippen LogP contribution in [0.2, 0.25) is 0 Å². The van der Waals surface area contributed by atoms with Crippen LogP contribution < -0.4 is 11.1 Å². The fourth-order valence-corrected chi connectivity index (χ4v) is 2.70. The number of halogens is 2. The summed E-state index contributed by atoms with van der Waals surface area (Å²) in [4.78, 5) is 12.0. The first-order valence-corrected chi connectivity index (χ1v) is 7.02. The molecule has 0 aliphatic carbocycles. The Labute approximate surface area is 126 Å². The number of anilines is 1. The summed E-state index contributed by atoms with van der Waals surface area (Å²) in [5.74, 6) is -1.51. The van der Waals surface area contributed by atoms with Gasteiger partial charge in [0.2, 0.25) is 0 Å². The van der Waals surface area contributed by atoms with Crippen LogP contribution in [-0.2, 0) is 0 Å². The van der Waals surface area contributed by atoms with Crippen molar-refractivity contribution in [1.29, 1.82) is 0 Å². The quantitative estimate of drug-likeness (QED) is 0.341. The maximum atomic E-state index is 13.7. The second-order valence-electron chi connectivity index (χ2n) is 3.74. The van der Waals surface area contributed by atoms with Gasteiger partial charge in [-0.2, -0.15) is 0 Å². The number of amidine groups is 1. The lowest BCUT2D eigenvalue weighted by Crippen LogP contribution is -2.20. The lowest BCUT2D eigenvalue weighted by atomic mass is 10.1. The number of hydrogen-bond acceptors (Lipinski definition) is 4. The van der Waals surface area contributed by atoms with E-state index in [1.807, 2.05) is 0 Å². The zero-order valence-electron chi connectivity index (χ0n) is 9.93. The Kier molecular flexibility index (Phi) is 4.35. The molecular weight excluding hydrogens is 349 g/mol. The van der Waals surface area contributed by atoms with Crippen molar-refractivity contribution in [2.75, 3.05) is 5.32 Å². The third-order valence-electron chi connectivity index (χ3n) is 2.46. The van der Waals surface area contributed by atoms with E-state index in [4.69, 9.17) is 10.9 Å². The maximum absolute atomic E-state index is 13.7. The Balaban J connectivity index is 2.34. The molecule has 2 rings (SSSR count). The van der Waals surface area contributed by atoms with E-state index in [0.717, 1.165) is 9.85 Å². The third-order valence-corrected chi connectivity index (χ3v) is 3.96. The fraction of sp³-hybridized carbons (Fsp3) is 0. The standard InChI is InChI=1S/C12H9BrFN3O2S/c13-9-4-6(5-20-9)12(18)16-8-3-1-2-7(14)10(8)11(15)17-19/h1-5,19H,(H2,15,17)(H,16,18). The smallest absolute Gasteiger partial charge is 0.256 e. The highest BCUT2D eigenvalue weighted by Gasteiger charge is 2.16. The van der Waals surface area contributed by atoms with Crippen molar-refractivity contribution < 1.29 is 14.4 Å². The van der Waals surface area contributed by atoms with Crippen LogP contribution in [0.25, 0.3) is 0 Å². The van der Waals surface area contributed by atoms with E-state index in [1.54, 1.807) is 11.4 Å². The Morgan fingerprint density at radius 3 is 2.85 bits per heavy atom. The van der Waals surface area contributed by atoms with E-state index < -0.39 is 17.6 Å². The summed E-state index contributed by atoms with van der Waals surface area (Å²) in [7, 11) is 0. The number of rotatable bonds is 3. The number of nitrogens with one attached hydrogen (secondary N) is 1. The summed E-state index contributed by atoms with van der Waals surface area (Å²) in [6.45, 7) is 0. The van der Waals surface area contributed by atoms with E-state index in [9.17, 15) is 9.18 Å². The van der Waals surface area contributed by atoms with Crippen LogP contribution in [0.1, 0.15) is 15.9 Å². The first-order chi connectivity index (χ1) is 9.52. The molecule has 8 heteroatoms. The highest BCUT2D eigenvalue weighted by Crippen LogP contribution is 2.23. The molecule has 0 saturated heterocycles. The summed E-state index contributed by atoms with van der Waals surface area (Å²) in [5, 5.41) is 15.6. The van der Waals surface area contributed by atoms with Crippen LogP contribution in [-0.4, -0.2) is 17.0 Å². The van der Waals surface area contributed by atoms with Crippen molar-refractivity contribution in [3.05, 3.63) is 50.4 Å². The molecule has 1 amide bonds. The van der Waals surface area contributed by atoms with Crippen LogP contribution in [0.4, 0.5) is 10.1 Å². The number of carbonyl (C=O) groups excluding carboxylic acids is 1. The number of nitrogens with two attached hydrogens (primary N) is 1. The fourth-order valence-electron chi connectivity index (χ4n) is 1.56. The first-order valence-electron chi connectivity index (χ1n) is 5.34. The van der Waals surface area contributed by atoms with Gasteiger partial charge in [-0.1, -0.05) is 11.2 Å². The molecule has 5 nitrogen and oxygen atoms in total. The van der Waals surface area contributed by atoms with Gasteiger partial charge in [-0.25, -0.2) is 4.39 Å². The van der Waals surface area contributed by atoms with E-state index in [0.29, 0.717) is 5.56 Å². The molecule has 2 aromatic rings. The minimum atomic E-state index is -0.690. The SMILES string of the molecule is N/C(=N/O)c1c(F)cccc1NC(=O)c1csc(Br)c1. The molecule has 4 N–H and O–H groups in total. The van der Waals surface area contributed by atoms with E-state index >= 15 is 0 Å². The van der Waals surface area contributed by atoms with Gasteiger partial charge in [0.05, 0.1) is 20.6 Å². The van der Waals surface area contributed by atoms with E-state index in [2.05, 4.69) is 26.4 Å². The molecule has 104 valence electrons. The van der Waals surface area contributed by atoms with Crippen molar-refractivity contribution >= 4 is 44.7 Å². The number of oxime groups is 1. The summed E-state index contributed by atoms with van der Waals surface area (Å²) < 4.78 is 14.5. The van der Waals surface area contributed by atoms with Crippen molar-refractivity contribution in [3.8, 4) is 0 Å². The molecule has 1 aromatic heterocycles. The summed E-state index contributed by atoms with van der Waals surface area (Å²) >= 11 is 4.61. The molecular formula is C12H9BrFN3O2S. The Bertz CT molecular complexity index is 687. The largest absolute Gasteiger partial charge is 0.409 e. The van der Waals surface area contributed by atoms with Crippen LogP contribution in [0, 0.1) is 5.82 Å². The van der Waals surface area contributed by atoms with Crippen molar-refractivity contribution in [1.82, 2.24) is 0 Å². The molecule has 0 unspecified atom stereocenters. The molecule has 0 atom stereocenters. The van der Waals surface area contributed by atoms with Gasteiger partial charge in [0.15, 0.2) is 5.84 Å². The number of carbonyl (C=O) groups is 1. The number of nitrogens with zero attached hydrogens (tertiary/aromatic N) is 1. The zero-order valence-corrected chi connectivity index (χ0v) is 12.3. The summed E-state index contributed by atoms with van der Waals surface area (Å²) in [6, 6.07) is 5.69. The van der Waals surface area contributed by atoms with Gasteiger partial charge in [0.1, 0.15) is 5.82 Å². The summed E-state index contributed by atoms with van der Waals surface area (Å²) in [5.41, 5.74) is 5.82. The number of hydrogen-bond donors (Lipinski definition) is 3. The molecule has 0 radical (unpaired) electrons. The van der Waals surface area contributed by atoms with Crippen molar-refractivity contribution in [2.45, 2.75) is 0 Å². The number of amides is 1. The van der Waals surface area contributed by atoms with Gasteiger partial charge in [0.25, 0.3) is 5.91 Å². The van der Waals surface area contributed by atoms with Crippen LogP contribution >= 0.6 is 27.3 Å². The molecule has 0 spiro atoms. The van der Waals surface area contributed by atoms with Gasteiger partial charge in [-0.15, -0.1) is 11.3 Å². The lowest BCUT2D eigenvalue weighted by molar-refractivity contribution is 0.102. The van der Waals surface area contributed by atoms with Crippen LogP contribution in [0.15, 0.2) is 38.6 Å². The molecule has 20 heavy (non-hydrogen) atoms. The molecule has 0 bridgehead atoms. The molecule has 0 fully saturated rings. The topological polar surface area (TPSA) is 87.7 Å². The predicted octanol–water partition coefficient (Wildman–Crippen LogP) is 3.00. The van der Waals surface area contributed by atoms with Gasteiger partial charge < -0.3 is 16.3 Å². The minimum Gasteiger partial charge on any atom is -0.409 e. The molecule has 0 aliphatic rings. The first kappa shape index (κ1) is 14.5. The lowest BCUT2D eigenvalue weighted by Gasteiger charge is -2.10. The molecule has 0 aliphatic heterocycles.